The molecular weight excluding hydrogens is 229 g/mol. The molecule has 0 aliphatic heterocycles. The molecule has 0 radical (unpaired) electrons. The van der Waals surface area contributed by atoms with Crippen LogP contribution in [0.4, 0.5) is 0 Å². The number of halogens is 1. The van der Waals surface area contributed by atoms with E-state index in [2.05, 4.69) is 49.7 Å². The molecule has 1 atom stereocenters. The van der Waals surface area contributed by atoms with Crippen LogP contribution < -0.4 is 0 Å². The molecule has 3 heteroatoms. The first kappa shape index (κ1) is 11.2. The maximum atomic E-state index is 6.40. The molecule has 1 unspecified atom stereocenters. The van der Waals surface area contributed by atoms with Gasteiger partial charge in [-0.2, -0.15) is 0 Å². The third-order valence-corrected chi connectivity index (χ3v) is 13.5. The zero-order valence-electron chi connectivity index (χ0n) is 7.31. The van der Waals surface area contributed by atoms with Gasteiger partial charge in [-0.25, -0.2) is 0 Å². The zero-order valence-corrected chi connectivity index (χ0v) is 10.7. The van der Waals surface area contributed by atoms with Crippen molar-refractivity contribution >= 4 is 31.2 Å². The van der Waals surface area contributed by atoms with Gasteiger partial charge in [0.2, 0.25) is 0 Å². The summed E-state index contributed by atoms with van der Waals surface area (Å²) in [7, 11) is 0. The van der Waals surface area contributed by atoms with E-state index >= 15 is 0 Å². The van der Waals surface area contributed by atoms with E-state index in [9.17, 15) is 0 Å². The van der Waals surface area contributed by atoms with Crippen LogP contribution in [0, 0.1) is 0 Å². The molecular formula is C7H16ClPSe. The van der Waals surface area contributed by atoms with Gasteiger partial charge in [0.1, 0.15) is 0 Å². The van der Waals surface area contributed by atoms with Gasteiger partial charge in [-0.1, -0.05) is 0 Å². The summed E-state index contributed by atoms with van der Waals surface area (Å²) < 4.78 is 0. The van der Waals surface area contributed by atoms with Gasteiger partial charge in [0.05, 0.1) is 0 Å². The zero-order chi connectivity index (χ0) is 8.58. The Morgan fingerprint density at radius 3 is 1.60 bits per heavy atom. The molecule has 0 aromatic heterocycles. The summed E-state index contributed by atoms with van der Waals surface area (Å²) in [6, 6.07) is 0. The molecule has 0 fully saturated rings. The molecule has 0 rings (SSSR count). The quantitative estimate of drug-likeness (QED) is 0.490. The fourth-order valence-corrected chi connectivity index (χ4v) is 2.32. The first-order valence-corrected chi connectivity index (χ1v) is 8.47. The Labute approximate surface area is 76.7 Å². The van der Waals surface area contributed by atoms with Crippen molar-refractivity contribution in [2.75, 3.05) is 0 Å². The fourth-order valence-electron chi connectivity index (χ4n) is 0.775. The second-order valence-corrected chi connectivity index (χ2v) is 14.0. The van der Waals surface area contributed by atoms with Crippen molar-refractivity contribution in [3.05, 3.63) is 0 Å². The third kappa shape index (κ3) is 2.38. The molecule has 0 aromatic carbocycles. The van der Waals surface area contributed by atoms with Crippen molar-refractivity contribution in [2.45, 2.75) is 45.4 Å². The molecule has 0 aliphatic rings. The molecule has 0 aromatic rings. The average Bonchev–Trinajstić information content (AvgIpc) is 1.62. The van der Waals surface area contributed by atoms with Crippen LogP contribution >= 0.6 is 16.1 Å². The second-order valence-electron chi connectivity index (χ2n) is 3.84. The standard InChI is InChI=1S/C7H16ClPSe/c1-6(2)9(8,10)7(3,4)5/h6H,1-5H3. The van der Waals surface area contributed by atoms with Crippen LogP contribution in [0.25, 0.3) is 0 Å². The topological polar surface area (TPSA) is 0 Å². The summed E-state index contributed by atoms with van der Waals surface area (Å²) in [6.45, 7) is 11.0. The van der Waals surface area contributed by atoms with Gasteiger partial charge < -0.3 is 0 Å². The van der Waals surface area contributed by atoms with Gasteiger partial charge in [0, 0.05) is 0 Å². The Balaban J connectivity index is 4.59. The molecule has 0 nitrogen and oxygen atoms in total. The van der Waals surface area contributed by atoms with Crippen molar-refractivity contribution in [1.82, 2.24) is 0 Å². The van der Waals surface area contributed by atoms with E-state index in [1.807, 2.05) is 0 Å². The molecule has 0 saturated heterocycles. The van der Waals surface area contributed by atoms with Crippen LogP contribution in [0.1, 0.15) is 34.6 Å². The van der Waals surface area contributed by atoms with Crippen LogP contribution in [0.5, 0.6) is 0 Å². The van der Waals surface area contributed by atoms with E-state index < -0.39 is 4.86 Å². The monoisotopic (exact) mass is 246 g/mol. The van der Waals surface area contributed by atoms with Gasteiger partial charge in [0.15, 0.2) is 0 Å². The van der Waals surface area contributed by atoms with Gasteiger partial charge >= 0.3 is 76.6 Å². The molecule has 0 saturated carbocycles. The molecule has 10 heavy (non-hydrogen) atoms. The molecule has 0 N–H and O–H groups in total. The molecule has 0 amide bonds. The van der Waals surface area contributed by atoms with Crippen LogP contribution in [-0.4, -0.2) is 25.9 Å². The van der Waals surface area contributed by atoms with Crippen molar-refractivity contribution in [1.29, 1.82) is 0 Å². The van der Waals surface area contributed by atoms with Gasteiger partial charge in [-0.05, 0) is 0 Å². The Kier molecular flexibility index (Phi) is 3.73. The first-order chi connectivity index (χ1) is 4.19. The van der Waals surface area contributed by atoms with E-state index in [0.29, 0.717) is 5.66 Å². The van der Waals surface area contributed by atoms with Crippen molar-refractivity contribution in [2.24, 2.45) is 0 Å². The number of hydrogen-bond donors (Lipinski definition) is 0. The Morgan fingerprint density at radius 2 is 1.60 bits per heavy atom. The van der Waals surface area contributed by atoms with Crippen molar-refractivity contribution in [3.63, 3.8) is 0 Å². The number of rotatable bonds is 1. The number of hydrogen-bond acceptors (Lipinski definition) is 0. The van der Waals surface area contributed by atoms with Crippen molar-refractivity contribution < 1.29 is 0 Å². The summed E-state index contributed by atoms with van der Waals surface area (Å²) >= 11 is 9.57. The van der Waals surface area contributed by atoms with E-state index in [1.165, 1.54) is 0 Å². The Morgan fingerprint density at radius 1 is 1.30 bits per heavy atom. The first-order valence-electron chi connectivity index (χ1n) is 3.49. The van der Waals surface area contributed by atoms with Gasteiger partial charge in [-0.15, -0.1) is 0 Å². The van der Waals surface area contributed by atoms with Crippen LogP contribution in [-0.2, 0) is 0 Å². The summed E-state index contributed by atoms with van der Waals surface area (Å²) in [5.41, 5.74) is 0.578. The summed E-state index contributed by atoms with van der Waals surface area (Å²) in [6.07, 6.45) is 0. The fraction of sp³-hybridized carbons (Fsp3) is 1.00. The van der Waals surface area contributed by atoms with Crippen LogP contribution in [0.2, 0.25) is 0 Å². The summed E-state index contributed by atoms with van der Waals surface area (Å²) in [4.78, 5) is -1.35. The molecule has 0 bridgehead atoms. The SMILES string of the molecule is CC(C)P(Cl)(=[Se])C(C)(C)C. The van der Waals surface area contributed by atoms with E-state index in [-0.39, 0.29) is 5.16 Å². The Hall–Kier alpha value is 1.24. The predicted octanol–water partition coefficient (Wildman–Crippen LogP) is 3.45. The minimum atomic E-state index is -1.35. The Bertz CT molecular complexity index is 157. The van der Waals surface area contributed by atoms with Crippen LogP contribution in [0.3, 0.4) is 0 Å². The van der Waals surface area contributed by atoms with Crippen LogP contribution in [0.15, 0.2) is 0 Å². The molecule has 62 valence electrons. The van der Waals surface area contributed by atoms with E-state index in [1.54, 1.807) is 0 Å². The summed E-state index contributed by atoms with van der Waals surface area (Å²) in [5.74, 6) is 0. The van der Waals surface area contributed by atoms with E-state index in [4.69, 9.17) is 11.2 Å². The average molecular weight is 246 g/mol. The third-order valence-electron chi connectivity index (χ3n) is 1.58. The maximum absolute atomic E-state index is 6.40. The molecule has 0 spiro atoms. The van der Waals surface area contributed by atoms with Gasteiger partial charge in [0.25, 0.3) is 0 Å². The van der Waals surface area contributed by atoms with E-state index in [0.717, 1.165) is 0 Å². The molecule has 0 heterocycles. The summed E-state index contributed by atoms with van der Waals surface area (Å²) in [5, 5.41) is 0.239. The normalized spacial score (nSPS) is 19.1. The predicted molar refractivity (Wildman–Crippen MR) is 53.4 cm³/mol. The van der Waals surface area contributed by atoms with Gasteiger partial charge in [-0.3, -0.25) is 0 Å². The van der Waals surface area contributed by atoms with Crippen molar-refractivity contribution in [3.8, 4) is 0 Å². The molecule has 0 aliphatic carbocycles. The second kappa shape index (κ2) is 3.31. The minimum absolute atomic E-state index is 0.239.